The van der Waals surface area contributed by atoms with Crippen LogP contribution in [-0.2, 0) is 16.6 Å². The van der Waals surface area contributed by atoms with E-state index >= 15 is 0 Å². The summed E-state index contributed by atoms with van der Waals surface area (Å²) in [4.78, 5) is 8.97. The number of halogens is 1. The minimum absolute atomic E-state index is 0. The van der Waals surface area contributed by atoms with Crippen molar-refractivity contribution in [2.24, 2.45) is 4.99 Å². The Morgan fingerprint density at radius 3 is 2.40 bits per heavy atom. The highest BCUT2D eigenvalue weighted by Crippen LogP contribution is 2.25. The fourth-order valence-electron chi connectivity index (χ4n) is 3.24. The van der Waals surface area contributed by atoms with Crippen molar-refractivity contribution >= 4 is 40.0 Å². The summed E-state index contributed by atoms with van der Waals surface area (Å²) in [5.74, 6) is 2.55. The topological polar surface area (TPSA) is 95.5 Å². The normalized spacial score (nSPS) is 15.5. The van der Waals surface area contributed by atoms with Gasteiger partial charge >= 0.3 is 0 Å². The van der Waals surface area contributed by atoms with Gasteiger partial charge in [0.2, 0.25) is 10.0 Å². The Kier molecular flexibility index (Phi) is 11.7. The molecule has 172 valence electrons. The smallest absolute Gasteiger partial charge is 0.208 e. The second-order valence-corrected chi connectivity index (χ2v) is 8.77. The quantitative estimate of drug-likeness (QED) is 0.203. The third-order valence-electron chi connectivity index (χ3n) is 4.77. The zero-order chi connectivity index (χ0) is 21.3. The van der Waals surface area contributed by atoms with E-state index in [1.54, 1.807) is 21.3 Å². The highest BCUT2D eigenvalue weighted by molar-refractivity contribution is 14.0. The summed E-state index contributed by atoms with van der Waals surface area (Å²) in [7, 11) is 1.99. The van der Waals surface area contributed by atoms with Gasteiger partial charge in [-0.3, -0.25) is 9.89 Å². The fourth-order valence-corrected chi connectivity index (χ4v) is 3.76. The van der Waals surface area contributed by atoms with Crippen LogP contribution in [-0.4, -0.2) is 91.0 Å². The van der Waals surface area contributed by atoms with Gasteiger partial charge in [-0.1, -0.05) is 0 Å². The van der Waals surface area contributed by atoms with Crippen LogP contribution in [0.15, 0.2) is 23.2 Å². The molecule has 1 aromatic carbocycles. The van der Waals surface area contributed by atoms with Crippen molar-refractivity contribution in [2.45, 2.75) is 13.0 Å². The average molecular weight is 555 g/mol. The zero-order valence-corrected chi connectivity index (χ0v) is 21.3. The van der Waals surface area contributed by atoms with E-state index in [1.165, 1.54) is 6.26 Å². The van der Waals surface area contributed by atoms with Crippen LogP contribution in [0.2, 0.25) is 0 Å². The summed E-state index contributed by atoms with van der Waals surface area (Å²) in [5, 5.41) is 3.31. The number of ether oxygens (including phenoxy) is 2. The summed E-state index contributed by atoms with van der Waals surface area (Å²) in [6, 6.07) is 5.87. The van der Waals surface area contributed by atoms with Crippen LogP contribution in [0.5, 0.6) is 11.5 Å². The highest BCUT2D eigenvalue weighted by Gasteiger charge is 2.20. The number of hydrogen-bond donors (Lipinski definition) is 2. The largest absolute Gasteiger partial charge is 0.497 e. The van der Waals surface area contributed by atoms with Crippen molar-refractivity contribution in [3.05, 3.63) is 23.8 Å². The van der Waals surface area contributed by atoms with Crippen LogP contribution in [0.1, 0.15) is 12.0 Å². The lowest BCUT2D eigenvalue weighted by Gasteiger charge is -2.36. The van der Waals surface area contributed by atoms with Gasteiger partial charge in [-0.25, -0.2) is 13.1 Å². The van der Waals surface area contributed by atoms with E-state index in [-0.39, 0.29) is 24.0 Å². The predicted octanol–water partition coefficient (Wildman–Crippen LogP) is 0.954. The van der Waals surface area contributed by atoms with Crippen molar-refractivity contribution < 1.29 is 17.9 Å². The van der Waals surface area contributed by atoms with E-state index in [2.05, 4.69) is 24.8 Å². The van der Waals surface area contributed by atoms with E-state index in [4.69, 9.17) is 9.47 Å². The highest BCUT2D eigenvalue weighted by atomic mass is 127. The first-order valence-corrected chi connectivity index (χ1v) is 11.6. The molecule has 1 aromatic rings. The molecule has 2 N–H and O–H groups in total. The summed E-state index contributed by atoms with van der Waals surface area (Å²) in [6.45, 7) is 5.45. The molecule has 9 nitrogen and oxygen atoms in total. The number of methoxy groups -OCH3 is 2. The molecule has 11 heteroatoms. The second-order valence-electron chi connectivity index (χ2n) is 6.94. The van der Waals surface area contributed by atoms with Crippen molar-refractivity contribution in [2.75, 3.05) is 66.8 Å². The SMILES string of the molecule is CN=C(NCCCNS(C)(=O)=O)N1CCN(Cc2cc(OC)ccc2OC)CC1.I. The number of nitrogens with zero attached hydrogens (tertiary/aromatic N) is 3. The number of sulfonamides is 1. The number of aliphatic imine (C=N–C) groups is 1. The van der Waals surface area contributed by atoms with Gasteiger partial charge in [0.25, 0.3) is 0 Å². The number of piperazine rings is 1. The standard InChI is InChI=1S/C19H33N5O4S.HI/c1-20-19(21-8-5-9-22-29(4,25)26)24-12-10-23(11-13-24)15-16-14-17(27-2)6-7-18(16)28-3;/h6-7,14,22H,5,8-13,15H2,1-4H3,(H,20,21);1H. The minimum atomic E-state index is -3.13. The Morgan fingerprint density at radius 2 is 1.83 bits per heavy atom. The van der Waals surface area contributed by atoms with E-state index in [1.807, 2.05) is 18.2 Å². The third-order valence-corrected chi connectivity index (χ3v) is 5.49. The molecule has 0 amide bonds. The van der Waals surface area contributed by atoms with Crippen molar-refractivity contribution in [1.29, 1.82) is 0 Å². The first-order chi connectivity index (χ1) is 13.9. The molecule has 1 heterocycles. The molecule has 1 saturated heterocycles. The van der Waals surface area contributed by atoms with Gasteiger partial charge in [0.05, 0.1) is 20.5 Å². The third kappa shape index (κ3) is 8.82. The predicted molar refractivity (Wildman–Crippen MR) is 131 cm³/mol. The maximum atomic E-state index is 11.1. The fraction of sp³-hybridized carbons (Fsp3) is 0.632. The Labute approximate surface area is 197 Å². The van der Waals surface area contributed by atoms with Gasteiger partial charge in [0.1, 0.15) is 11.5 Å². The van der Waals surface area contributed by atoms with Gasteiger partial charge in [0.15, 0.2) is 5.96 Å². The van der Waals surface area contributed by atoms with Crippen molar-refractivity contribution in [3.8, 4) is 11.5 Å². The van der Waals surface area contributed by atoms with Crippen LogP contribution in [0, 0.1) is 0 Å². The lowest BCUT2D eigenvalue weighted by atomic mass is 10.1. The zero-order valence-electron chi connectivity index (χ0n) is 18.2. The molecular formula is C19H34IN5O4S. The molecule has 0 radical (unpaired) electrons. The van der Waals surface area contributed by atoms with Crippen LogP contribution in [0.3, 0.4) is 0 Å². The first-order valence-electron chi connectivity index (χ1n) is 9.69. The molecule has 2 rings (SSSR count). The van der Waals surface area contributed by atoms with Crippen molar-refractivity contribution in [3.63, 3.8) is 0 Å². The summed E-state index contributed by atoms with van der Waals surface area (Å²) >= 11 is 0. The molecule has 0 bridgehead atoms. The number of nitrogens with one attached hydrogen (secondary N) is 2. The van der Waals surface area contributed by atoms with E-state index in [0.717, 1.165) is 55.7 Å². The first kappa shape index (κ1) is 26.7. The van der Waals surface area contributed by atoms with Crippen LogP contribution < -0.4 is 19.5 Å². The van der Waals surface area contributed by atoms with Gasteiger partial charge in [0, 0.05) is 58.4 Å². The van der Waals surface area contributed by atoms with Crippen LogP contribution >= 0.6 is 24.0 Å². The van der Waals surface area contributed by atoms with Gasteiger partial charge in [-0.2, -0.15) is 0 Å². The molecule has 0 aromatic heterocycles. The Hall–Kier alpha value is -1.31. The number of hydrogen-bond acceptors (Lipinski definition) is 6. The maximum absolute atomic E-state index is 11.1. The number of guanidine groups is 1. The average Bonchev–Trinajstić information content (AvgIpc) is 2.70. The van der Waals surface area contributed by atoms with Gasteiger partial charge in [-0.05, 0) is 24.6 Å². The van der Waals surface area contributed by atoms with Gasteiger partial charge < -0.3 is 19.7 Å². The Bertz CT molecular complexity index is 783. The lowest BCUT2D eigenvalue weighted by Crippen LogP contribution is -2.52. The van der Waals surface area contributed by atoms with Gasteiger partial charge in [-0.15, -0.1) is 24.0 Å². The summed E-state index contributed by atoms with van der Waals surface area (Å²) in [5.41, 5.74) is 1.11. The van der Waals surface area contributed by atoms with E-state index in [0.29, 0.717) is 19.5 Å². The maximum Gasteiger partial charge on any atom is 0.208 e. The molecule has 0 saturated carbocycles. The molecule has 0 atom stereocenters. The number of rotatable bonds is 9. The monoisotopic (exact) mass is 555 g/mol. The van der Waals surface area contributed by atoms with Crippen LogP contribution in [0.25, 0.3) is 0 Å². The molecule has 0 aliphatic carbocycles. The lowest BCUT2D eigenvalue weighted by molar-refractivity contribution is 0.171. The molecule has 1 aliphatic heterocycles. The molecule has 1 aliphatic rings. The summed E-state index contributed by atoms with van der Waals surface area (Å²) in [6.07, 6.45) is 1.86. The van der Waals surface area contributed by atoms with Crippen LogP contribution in [0.4, 0.5) is 0 Å². The van der Waals surface area contributed by atoms with Crippen molar-refractivity contribution in [1.82, 2.24) is 19.8 Å². The molecule has 0 unspecified atom stereocenters. The minimum Gasteiger partial charge on any atom is -0.497 e. The number of benzene rings is 1. The Balaban J connectivity index is 0.00000450. The molecular weight excluding hydrogens is 521 g/mol. The van der Waals surface area contributed by atoms with E-state index < -0.39 is 10.0 Å². The summed E-state index contributed by atoms with van der Waals surface area (Å²) < 4.78 is 35.5. The molecule has 0 spiro atoms. The Morgan fingerprint density at radius 1 is 1.13 bits per heavy atom. The van der Waals surface area contributed by atoms with E-state index in [9.17, 15) is 8.42 Å². The second kappa shape index (κ2) is 13.2. The molecule has 1 fully saturated rings. The molecule has 30 heavy (non-hydrogen) atoms.